The molecule has 0 saturated carbocycles. The lowest BCUT2D eigenvalue weighted by Gasteiger charge is -2.32. The summed E-state index contributed by atoms with van der Waals surface area (Å²) in [6.45, 7) is 11.5. The van der Waals surface area contributed by atoms with Crippen molar-refractivity contribution in [1.29, 1.82) is 0 Å². The van der Waals surface area contributed by atoms with Gasteiger partial charge in [0, 0.05) is 17.6 Å². The number of ether oxygens (including phenoxy) is 1. The topological polar surface area (TPSA) is 57.7 Å². The third kappa shape index (κ3) is 3.78. The van der Waals surface area contributed by atoms with Crippen molar-refractivity contribution in [2.75, 3.05) is 6.61 Å². The first-order chi connectivity index (χ1) is 11.1. The van der Waals surface area contributed by atoms with Crippen LogP contribution >= 0.6 is 0 Å². The van der Waals surface area contributed by atoms with Crippen LogP contribution in [0.2, 0.25) is 0 Å². The zero-order chi connectivity index (χ0) is 18.1. The molecule has 0 aliphatic carbocycles. The molecule has 1 aromatic heterocycles. The van der Waals surface area contributed by atoms with Crippen molar-refractivity contribution in [3.8, 4) is 0 Å². The molecule has 0 N–H and O–H groups in total. The molecule has 7 heteroatoms. The summed E-state index contributed by atoms with van der Waals surface area (Å²) in [5, 5.41) is 0. The maximum absolute atomic E-state index is 13.5. The normalized spacial score (nSPS) is 20.0. The van der Waals surface area contributed by atoms with Crippen LogP contribution in [-0.2, 0) is 18.8 Å². The molecule has 1 aliphatic rings. The van der Waals surface area contributed by atoms with Crippen LogP contribution in [-0.4, -0.2) is 35.9 Å². The number of carbonyl (C=O) groups is 1. The summed E-state index contributed by atoms with van der Waals surface area (Å²) in [5.41, 5.74) is 0.0681. The first-order valence-electron chi connectivity index (χ1n) is 8.20. The Morgan fingerprint density at radius 3 is 2.42 bits per heavy atom. The number of hydrogen-bond acceptors (Lipinski definition) is 5. The number of aromatic nitrogens is 1. The minimum Gasteiger partial charge on any atom is -0.466 e. The van der Waals surface area contributed by atoms with Crippen molar-refractivity contribution in [1.82, 2.24) is 4.98 Å². The number of pyridine rings is 1. The number of rotatable bonds is 5. The standard InChI is InChI=1S/C17H25BFNO4/c1-7-22-14(21)9-13(12-8-11(2)15(19)20-10-12)18-23-16(3,4)17(5,6)24-18/h8,10,13H,7,9H2,1-6H3. The van der Waals surface area contributed by atoms with E-state index in [0.717, 1.165) is 0 Å². The van der Waals surface area contributed by atoms with Gasteiger partial charge < -0.3 is 14.0 Å². The highest BCUT2D eigenvalue weighted by atomic mass is 19.1. The molecule has 0 amide bonds. The second kappa shape index (κ2) is 6.80. The van der Waals surface area contributed by atoms with Gasteiger partial charge in [-0.25, -0.2) is 4.98 Å². The Labute approximate surface area is 143 Å². The monoisotopic (exact) mass is 337 g/mol. The number of nitrogens with zero attached hydrogens (tertiary/aromatic N) is 1. The average molecular weight is 337 g/mol. The molecule has 2 rings (SSSR count). The summed E-state index contributed by atoms with van der Waals surface area (Å²) in [6, 6.07) is 1.68. The fraction of sp³-hybridized carbons (Fsp3) is 0.647. The van der Waals surface area contributed by atoms with E-state index in [0.29, 0.717) is 17.7 Å². The van der Waals surface area contributed by atoms with Crippen molar-refractivity contribution in [3.63, 3.8) is 0 Å². The smallest absolute Gasteiger partial charge is 0.466 e. The van der Waals surface area contributed by atoms with Gasteiger partial charge in [0.05, 0.1) is 24.2 Å². The van der Waals surface area contributed by atoms with Gasteiger partial charge in [0.1, 0.15) is 0 Å². The minimum absolute atomic E-state index is 0.0808. The second-order valence-electron chi connectivity index (χ2n) is 7.12. The van der Waals surface area contributed by atoms with E-state index in [2.05, 4.69) is 4.98 Å². The largest absolute Gasteiger partial charge is 0.466 e. The van der Waals surface area contributed by atoms with Crippen molar-refractivity contribution >= 4 is 13.1 Å². The Morgan fingerprint density at radius 2 is 1.92 bits per heavy atom. The van der Waals surface area contributed by atoms with Crippen LogP contribution in [0.15, 0.2) is 12.3 Å². The SMILES string of the molecule is CCOC(=O)CC(B1OC(C)(C)C(C)(C)O1)c1cnc(F)c(C)c1. The fourth-order valence-corrected chi connectivity index (χ4v) is 2.61. The number of hydrogen-bond donors (Lipinski definition) is 0. The molecule has 0 radical (unpaired) electrons. The van der Waals surface area contributed by atoms with Gasteiger partial charge in [0.15, 0.2) is 0 Å². The molecular weight excluding hydrogens is 312 g/mol. The van der Waals surface area contributed by atoms with Crippen molar-refractivity contribution in [2.24, 2.45) is 0 Å². The summed E-state index contributed by atoms with van der Waals surface area (Å²) in [6.07, 6.45) is 1.51. The van der Waals surface area contributed by atoms with Gasteiger partial charge in [-0.1, -0.05) is 6.07 Å². The summed E-state index contributed by atoms with van der Waals surface area (Å²) >= 11 is 0. The molecule has 1 aliphatic heterocycles. The third-order valence-electron chi connectivity index (χ3n) is 4.76. The van der Waals surface area contributed by atoms with Crippen molar-refractivity contribution < 1.29 is 23.2 Å². The Hall–Kier alpha value is -1.47. The quantitative estimate of drug-likeness (QED) is 0.469. The molecule has 1 saturated heterocycles. The predicted octanol–water partition coefficient (Wildman–Crippen LogP) is 3.20. The lowest BCUT2D eigenvalue weighted by atomic mass is 9.66. The number of aryl methyl sites for hydroxylation is 1. The van der Waals surface area contributed by atoms with Gasteiger partial charge in [-0.3, -0.25) is 4.79 Å². The maximum atomic E-state index is 13.5. The van der Waals surface area contributed by atoms with Gasteiger partial charge in [0.25, 0.3) is 0 Å². The second-order valence-corrected chi connectivity index (χ2v) is 7.12. The first-order valence-corrected chi connectivity index (χ1v) is 8.20. The zero-order valence-corrected chi connectivity index (χ0v) is 15.2. The van der Waals surface area contributed by atoms with E-state index in [-0.39, 0.29) is 12.4 Å². The molecule has 5 nitrogen and oxygen atoms in total. The Kier molecular flexibility index (Phi) is 5.35. The van der Waals surface area contributed by atoms with Gasteiger partial charge in [-0.15, -0.1) is 0 Å². The highest BCUT2D eigenvalue weighted by Gasteiger charge is 2.54. The van der Waals surface area contributed by atoms with Crippen LogP contribution < -0.4 is 0 Å². The van der Waals surface area contributed by atoms with Gasteiger partial charge in [0.2, 0.25) is 5.95 Å². The van der Waals surface area contributed by atoms with Crippen LogP contribution in [0.3, 0.4) is 0 Å². The molecular formula is C17H25BFNO4. The summed E-state index contributed by atoms with van der Waals surface area (Å²) in [7, 11) is -0.633. The minimum atomic E-state index is -0.633. The number of halogens is 1. The molecule has 2 heterocycles. The Balaban J connectivity index is 2.33. The van der Waals surface area contributed by atoms with E-state index >= 15 is 0 Å². The molecule has 24 heavy (non-hydrogen) atoms. The molecule has 132 valence electrons. The summed E-state index contributed by atoms with van der Waals surface area (Å²) in [5.74, 6) is -1.29. The van der Waals surface area contributed by atoms with Crippen LogP contribution in [0.25, 0.3) is 0 Å². The fourth-order valence-electron chi connectivity index (χ4n) is 2.61. The summed E-state index contributed by atoms with van der Waals surface area (Å²) in [4.78, 5) is 15.8. The van der Waals surface area contributed by atoms with Crippen LogP contribution in [0, 0.1) is 12.9 Å². The van der Waals surface area contributed by atoms with Gasteiger partial charge in [-0.2, -0.15) is 4.39 Å². The molecule has 1 unspecified atom stereocenters. The molecule has 0 aromatic carbocycles. The van der Waals surface area contributed by atoms with E-state index in [4.69, 9.17) is 14.0 Å². The average Bonchev–Trinajstić information content (AvgIpc) is 2.68. The predicted molar refractivity (Wildman–Crippen MR) is 89.0 cm³/mol. The first kappa shape index (κ1) is 18.9. The number of carbonyl (C=O) groups excluding carboxylic acids is 1. The van der Waals surface area contributed by atoms with Crippen molar-refractivity contribution in [3.05, 3.63) is 29.3 Å². The van der Waals surface area contributed by atoms with E-state index < -0.39 is 30.1 Å². The van der Waals surface area contributed by atoms with Gasteiger partial charge in [-0.05, 0) is 47.1 Å². The zero-order valence-electron chi connectivity index (χ0n) is 15.2. The van der Waals surface area contributed by atoms with Crippen LogP contribution in [0.5, 0.6) is 0 Å². The molecule has 1 aromatic rings. The summed E-state index contributed by atoms with van der Waals surface area (Å²) < 4.78 is 30.7. The highest BCUT2D eigenvalue weighted by molar-refractivity contribution is 6.48. The van der Waals surface area contributed by atoms with Gasteiger partial charge >= 0.3 is 13.1 Å². The lowest BCUT2D eigenvalue weighted by molar-refractivity contribution is -0.143. The van der Waals surface area contributed by atoms with E-state index in [1.165, 1.54) is 6.20 Å². The molecule has 1 atom stereocenters. The third-order valence-corrected chi connectivity index (χ3v) is 4.76. The molecule has 0 bridgehead atoms. The Bertz CT molecular complexity index is 605. The maximum Gasteiger partial charge on any atom is 0.466 e. The lowest BCUT2D eigenvalue weighted by Crippen LogP contribution is -2.41. The van der Waals surface area contributed by atoms with Crippen molar-refractivity contribution in [2.45, 2.75) is 65.0 Å². The Morgan fingerprint density at radius 1 is 1.33 bits per heavy atom. The van der Waals surface area contributed by atoms with E-state index in [1.807, 2.05) is 27.7 Å². The molecule has 1 fully saturated rings. The van der Waals surface area contributed by atoms with Crippen LogP contribution in [0.4, 0.5) is 4.39 Å². The number of esters is 1. The highest BCUT2D eigenvalue weighted by Crippen LogP contribution is 2.41. The molecule has 0 spiro atoms. The van der Waals surface area contributed by atoms with E-state index in [1.54, 1.807) is 19.9 Å². The van der Waals surface area contributed by atoms with Crippen LogP contribution in [0.1, 0.15) is 58.0 Å². The van der Waals surface area contributed by atoms with E-state index in [9.17, 15) is 9.18 Å².